The summed E-state index contributed by atoms with van der Waals surface area (Å²) in [6.07, 6.45) is 3.43. The second-order valence-electron chi connectivity index (χ2n) is 4.52. The SMILES string of the molecule is Cc1cnccc1C(N)c1cc2cccc(F)c2o1. The molecule has 1 atom stereocenters. The summed E-state index contributed by atoms with van der Waals surface area (Å²) in [5.41, 5.74) is 8.34. The fraction of sp³-hybridized carbons (Fsp3) is 0.133. The van der Waals surface area contributed by atoms with Crippen molar-refractivity contribution in [1.29, 1.82) is 0 Å². The fourth-order valence-electron chi connectivity index (χ4n) is 2.19. The van der Waals surface area contributed by atoms with E-state index in [-0.39, 0.29) is 11.4 Å². The van der Waals surface area contributed by atoms with E-state index in [1.54, 1.807) is 30.6 Å². The molecule has 1 aromatic carbocycles. The van der Waals surface area contributed by atoms with Crippen molar-refractivity contribution in [2.24, 2.45) is 5.73 Å². The van der Waals surface area contributed by atoms with Crippen LogP contribution in [0.3, 0.4) is 0 Å². The molecule has 0 aliphatic rings. The van der Waals surface area contributed by atoms with Crippen LogP contribution in [0.4, 0.5) is 4.39 Å². The topological polar surface area (TPSA) is 52.0 Å². The second kappa shape index (κ2) is 4.48. The first kappa shape index (κ1) is 11.9. The van der Waals surface area contributed by atoms with Crippen LogP contribution in [0, 0.1) is 12.7 Å². The number of nitrogens with zero attached hydrogens (tertiary/aromatic N) is 1. The summed E-state index contributed by atoms with van der Waals surface area (Å²) in [7, 11) is 0. The molecular formula is C15H13FN2O. The number of fused-ring (bicyclic) bond motifs is 1. The predicted octanol–water partition coefficient (Wildman–Crippen LogP) is 3.32. The predicted molar refractivity (Wildman–Crippen MR) is 71.2 cm³/mol. The number of furan rings is 1. The minimum absolute atomic E-state index is 0.250. The average Bonchev–Trinajstić information content (AvgIpc) is 2.84. The lowest BCUT2D eigenvalue weighted by molar-refractivity contribution is 0.501. The Labute approximate surface area is 109 Å². The number of halogens is 1. The van der Waals surface area contributed by atoms with Gasteiger partial charge in [-0.1, -0.05) is 12.1 Å². The number of pyridine rings is 1. The number of para-hydroxylation sites is 1. The van der Waals surface area contributed by atoms with Crippen LogP contribution < -0.4 is 5.73 Å². The fourth-order valence-corrected chi connectivity index (χ4v) is 2.19. The summed E-state index contributed by atoms with van der Waals surface area (Å²) < 4.78 is 19.1. The Kier molecular flexibility index (Phi) is 2.80. The summed E-state index contributed by atoms with van der Waals surface area (Å²) in [5.74, 6) is 0.178. The van der Waals surface area contributed by atoms with Crippen LogP contribution >= 0.6 is 0 Å². The third kappa shape index (κ3) is 2.00. The van der Waals surface area contributed by atoms with Crippen LogP contribution in [-0.2, 0) is 0 Å². The molecule has 19 heavy (non-hydrogen) atoms. The number of aryl methyl sites for hydroxylation is 1. The summed E-state index contributed by atoms with van der Waals surface area (Å²) in [4.78, 5) is 4.03. The van der Waals surface area contributed by atoms with Gasteiger partial charge in [0.05, 0.1) is 6.04 Å². The van der Waals surface area contributed by atoms with Crippen molar-refractivity contribution < 1.29 is 8.81 Å². The van der Waals surface area contributed by atoms with Crippen LogP contribution in [0.25, 0.3) is 11.0 Å². The molecule has 0 saturated carbocycles. The highest BCUT2D eigenvalue weighted by atomic mass is 19.1. The maximum Gasteiger partial charge on any atom is 0.169 e. The molecule has 0 fully saturated rings. The maximum absolute atomic E-state index is 13.6. The lowest BCUT2D eigenvalue weighted by Crippen LogP contribution is -2.12. The van der Waals surface area contributed by atoms with Crippen molar-refractivity contribution in [2.45, 2.75) is 13.0 Å². The van der Waals surface area contributed by atoms with E-state index in [0.29, 0.717) is 5.76 Å². The number of nitrogens with two attached hydrogens (primary N) is 1. The highest BCUT2D eigenvalue weighted by Crippen LogP contribution is 2.29. The molecule has 3 nitrogen and oxygen atoms in total. The zero-order valence-corrected chi connectivity index (χ0v) is 10.4. The number of hydrogen-bond donors (Lipinski definition) is 1. The van der Waals surface area contributed by atoms with Crippen molar-refractivity contribution in [3.05, 3.63) is 65.4 Å². The van der Waals surface area contributed by atoms with E-state index in [0.717, 1.165) is 16.5 Å². The first-order valence-corrected chi connectivity index (χ1v) is 6.01. The molecule has 96 valence electrons. The van der Waals surface area contributed by atoms with Crippen molar-refractivity contribution in [3.63, 3.8) is 0 Å². The van der Waals surface area contributed by atoms with Crippen LogP contribution in [0.2, 0.25) is 0 Å². The van der Waals surface area contributed by atoms with E-state index in [4.69, 9.17) is 10.2 Å². The van der Waals surface area contributed by atoms with E-state index >= 15 is 0 Å². The quantitative estimate of drug-likeness (QED) is 0.765. The van der Waals surface area contributed by atoms with Gasteiger partial charge in [-0.15, -0.1) is 0 Å². The van der Waals surface area contributed by atoms with Crippen LogP contribution in [0.15, 0.2) is 47.1 Å². The molecule has 2 N–H and O–H groups in total. The van der Waals surface area contributed by atoms with Gasteiger partial charge in [-0.25, -0.2) is 4.39 Å². The van der Waals surface area contributed by atoms with Gasteiger partial charge in [0.15, 0.2) is 11.4 Å². The van der Waals surface area contributed by atoms with Crippen LogP contribution in [-0.4, -0.2) is 4.98 Å². The van der Waals surface area contributed by atoms with Gasteiger partial charge < -0.3 is 10.2 Å². The van der Waals surface area contributed by atoms with Gasteiger partial charge in [0.1, 0.15) is 5.76 Å². The van der Waals surface area contributed by atoms with Crippen LogP contribution in [0.1, 0.15) is 22.9 Å². The molecule has 3 aromatic rings. The van der Waals surface area contributed by atoms with E-state index in [1.165, 1.54) is 6.07 Å². The zero-order valence-electron chi connectivity index (χ0n) is 10.4. The minimum atomic E-state index is -0.421. The van der Waals surface area contributed by atoms with Crippen molar-refractivity contribution >= 4 is 11.0 Å². The molecule has 0 amide bonds. The van der Waals surface area contributed by atoms with Gasteiger partial charge in [-0.05, 0) is 36.2 Å². The van der Waals surface area contributed by atoms with Gasteiger partial charge >= 0.3 is 0 Å². The number of rotatable bonds is 2. The standard InChI is InChI=1S/C15H13FN2O/c1-9-8-18-6-5-11(9)14(17)13-7-10-3-2-4-12(16)15(10)19-13/h2-8,14H,17H2,1H3. The molecule has 0 saturated heterocycles. The van der Waals surface area contributed by atoms with E-state index in [9.17, 15) is 4.39 Å². The lowest BCUT2D eigenvalue weighted by Gasteiger charge is -2.11. The Morgan fingerprint density at radius 1 is 1.32 bits per heavy atom. The van der Waals surface area contributed by atoms with Gasteiger partial charge in [-0.3, -0.25) is 4.98 Å². The molecule has 0 bridgehead atoms. The van der Waals surface area contributed by atoms with Crippen molar-refractivity contribution in [3.8, 4) is 0 Å². The molecule has 0 aliphatic carbocycles. The molecule has 4 heteroatoms. The van der Waals surface area contributed by atoms with Gasteiger partial charge in [-0.2, -0.15) is 0 Å². The van der Waals surface area contributed by atoms with Gasteiger partial charge in [0, 0.05) is 17.8 Å². The highest BCUT2D eigenvalue weighted by Gasteiger charge is 2.17. The largest absolute Gasteiger partial charge is 0.456 e. The first-order valence-electron chi connectivity index (χ1n) is 6.01. The number of benzene rings is 1. The lowest BCUT2D eigenvalue weighted by atomic mass is 10.0. The van der Waals surface area contributed by atoms with E-state index < -0.39 is 6.04 Å². The Hall–Kier alpha value is -2.20. The number of aromatic nitrogens is 1. The van der Waals surface area contributed by atoms with Gasteiger partial charge in [0.2, 0.25) is 0 Å². The number of hydrogen-bond acceptors (Lipinski definition) is 3. The maximum atomic E-state index is 13.6. The first-order chi connectivity index (χ1) is 9.16. The van der Waals surface area contributed by atoms with Crippen LogP contribution in [0.5, 0.6) is 0 Å². The van der Waals surface area contributed by atoms with Gasteiger partial charge in [0.25, 0.3) is 0 Å². The highest BCUT2D eigenvalue weighted by molar-refractivity contribution is 5.78. The third-order valence-electron chi connectivity index (χ3n) is 3.22. The normalized spacial score (nSPS) is 12.8. The molecule has 1 unspecified atom stereocenters. The summed E-state index contributed by atoms with van der Waals surface area (Å²) >= 11 is 0. The molecule has 2 heterocycles. The Morgan fingerprint density at radius 2 is 2.16 bits per heavy atom. The third-order valence-corrected chi connectivity index (χ3v) is 3.22. The average molecular weight is 256 g/mol. The summed E-state index contributed by atoms with van der Waals surface area (Å²) in [6, 6.07) is 8.04. The van der Waals surface area contributed by atoms with E-state index in [1.807, 2.05) is 13.0 Å². The monoisotopic (exact) mass is 256 g/mol. The Morgan fingerprint density at radius 3 is 2.89 bits per heavy atom. The molecule has 0 spiro atoms. The van der Waals surface area contributed by atoms with Crippen molar-refractivity contribution in [2.75, 3.05) is 0 Å². The van der Waals surface area contributed by atoms with E-state index in [2.05, 4.69) is 4.98 Å². The molecular weight excluding hydrogens is 243 g/mol. The minimum Gasteiger partial charge on any atom is -0.456 e. The zero-order chi connectivity index (χ0) is 13.4. The summed E-state index contributed by atoms with van der Waals surface area (Å²) in [5, 5.41) is 0.720. The molecule has 2 aromatic heterocycles. The van der Waals surface area contributed by atoms with Crippen molar-refractivity contribution in [1.82, 2.24) is 4.98 Å². The molecule has 0 radical (unpaired) electrons. The Bertz CT molecular complexity index is 736. The summed E-state index contributed by atoms with van der Waals surface area (Å²) in [6.45, 7) is 1.94. The second-order valence-corrected chi connectivity index (χ2v) is 4.52. The molecule has 0 aliphatic heterocycles. The Balaban J connectivity index is 2.10. The smallest absolute Gasteiger partial charge is 0.169 e. The molecule has 3 rings (SSSR count).